The van der Waals surface area contributed by atoms with Crippen molar-refractivity contribution in [3.63, 3.8) is 0 Å². The van der Waals surface area contributed by atoms with Crippen molar-refractivity contribution >= 4 is 22.6 Å². The van der Waals surface area contributed by atoms with Crippen molar-refractivity contribution in [1.29, 1.82) is 0 Å². The molecule has 1 saturated heterocycles. The molecule has 0 radical (unpaired) electrons. The van der Waals surface area contributed by atoms with Gasteiger partial charge in [0.2, 0.25) is 0 Å². The van der Waals surface area contributed by atoms with Gasteiger partial charge in [0.05, 0.1) is 0 Å². The van der Waals surface area contributed by atoms with Crippen LogP contribution in [0.25, 0.3) is 0 Å². The maximum atomic E-state index is 11.3. The van der Waals surface area contributed by atoms with Crippen LogP contribution < -0.4 is 5.32 Å². The van der Waals surface area contributed by atoms with Crippen molar-refractivity contribution in [2.75, 3.05) is 17.3 Å². The monoisotopic (exact) mass is 261 g/mol. The maximum Gasteiger partial charge on any atom is 0.0249 e. The molecule has 0 amide bonds. The molecule has 1 heterocycles. The van der Waals surface area contributed by atoms with Crippen LogP contribution in [-0.2, 0) is 10.8 Å². The lowest BCUT2D eigenvalue weighted by atomic mass is 10.1. The molecule has 0 bridgehead atoms. The summed E-state index contributed by atoms with van der Waals surface area (Å²) >= 11 is 2.11. The zero-order chi connectivity index (χ0) is 11.4. The fourth-order valence-corrected chi connectivity index (χ4v) is 5.30. The molecule has 2 atom stereocenters. The van der Waals surface area contributed by atoms with E-state index in [-0.39, 0.29) is 0 Å². The molecule has 1 saturated carbocycles. The van der Waals surface area contributed by atoms with Crippen molar-refractivity contribution in [3.05, 3.63) is 0 Å². The Labute approximate surface area is 106 Å². The van der Waals surface area contributed by atoms with Crippen LogP contribution in [0, 0.1) is 0 Å². The Kier molecular flexibility index (Phi) is 5.17. The average molecular weight is 261 g/mol. The van der Waals surface area contributed by atoms with Crippen LogP contribution in [0.3, 0.4) is 0 Å². The fourth-order valence-electron chi connectivity index (χ4n) is 2.79. The topological polar surface area (TPSA) is 29.1 Å². The highest BCUT2D eigenvalue weighted by Gasteiger charge is 2.29. The predicted molar refractivity (Wildman–Crippen MR) is 73.6 cm³/mol. The summed E-state index contributed by atoms with van der Waals surface area (Å²) in [5.74, 6) is 3.06. The first kappa shape index (κ1) is 12.9. The highest BCUT2D eigenvalue weighted by molar-refractivity contribution is 7.99. The second-order valence-electron chi connectivity index (χ2n) is 4.82. The summed E-state index contributed by atoms with van der Waals surface area (Å²) in [6.07, 6.45) is 6.35. The number of rotatable bonds is 4. The van der Waals surface area contributed by atoms with Gasteiger partial charge >= 0.3 is 0 Å². The normalized spacial score (nSPS) is 40.1. The van der Waals surface area contributed by atoms with Gasteiger partial charge in [-0.2, -0.15) is 11.8 Å². The minimum atomic E-state index is -0.521. The van der Waals surface area contributed by atoms with Gasteiger partial charge < -0.3 is 5.32 Å². The van der Waals surface area contributed by atoms with Crippen molar-refractivity contribution in [3.8, 4) is 0 Å². The standard InChI is InChI=1S/C12H23NOS2/c1-2-15-12-5-3-4-11(12)13-10-6-8-16(14)9-7-10/h10-13H,2-9H2,1H3. The predicted octanol–water partition coefficient (Wildman–Crippen LogP) is 2.16. The van der Waals surface area contributed by atoms with Gasteiger partial charge in [0.25, 0.3) is 0 Å². The van der Waals surface area contributed by atoms with Crippen LogP contribution in [0.4, 0.5) is 0 Å². The first-order valence-corrected chi connectivity index (χ1v) is 9.06. The van der Waals surface area contributed by atoms with Gasteiger partial charge in [-0.05, 0) is 31.4 Å². The third-order valence-corrected chi connectivity index (χ3v) is 6.38. The lowest BCUT2D eigenvalue weighted by Crippen LogP contribution is -2.44. The van der Waals surface area contributed by atoms with Gasteiger partial charge in [0.15, 0.2) is 0 Å². The Balaban J connectivity index is 1.77. The Bertz CT molecular complexity index is 237. The summed E-state index contributed by atoms with van der Waals surface area (Å²) in [4.78, 5) is 0. The van der Waals surface area contributed by atoms with E-state index in [1.54, 1.807) is 0 Å². The molecule has 2 fully saturated rings. The summed E-state index contributed by atoms with van der Waals surface area (Å²) in [5, 5.41) is 4.65. The summed E-state index contributed by atoms with van der Waals surface area (Å²) in [6.45, 7) is 2.25. The smallest absolute Gasteiger partial charge is 0.0249 e. The van der Waals surface area contributed by atoms with Gasteiger partial charge in [-0.1, -0.05) is 13.3 Å². The molecule has 0 aromatic carbocycles. The molecular weight excluding hydrogens is 238 g/mol. The van der Waals surface area contributed by atoms with Crippen LogP contribution in [0.1, 0.15) is 39.0 Å². The van der Waals surface area contributed by atoms with Gasteiger partial charge in [0.1, 0.15) is 0 Å². The molecule has 16 heavy (non-hydrogen) atoms. The number of hydrogen-bond donors (Lipinski definition) is 1. The Morgan fingerprint density at radius 2 is 2.00 bits per heavy atom. The van der Waals surface area contributed by atoms with E-state index < -0.39 is 10.8 Å². The first-order valence-electron chi connectivity index (χ1n) is 6.52. The summed E-state index contributed by atoms with van der Waals surface area (Å²) in [5.41, 5.74) is 0. The molecule has 94 valence electrons. The largest absolute Gasteiger partial charge is 0.310 e. The SMILES string of the molecule is CCSC1CCCC1NC1CCS(=O)CC1. The lowest BCUT2D eigenvalue weighted by molar-refractivity contribution is 0.411. The van der Waals surface area contributed by atoms with E-state index in [9.17, 15) is 4.21 Å². The average Bonchev–Trinajstić information content (AvgIpc) is 2.70. The van der Waals surface area contributed by atoms with E-state index >= 15 is 0 Å². The van der Waals surface area contributed by atoms with Crippen molar-refractivity contribution in [2.24, 2.45) is 0 Å². The highest BCUT2D eigenvalue weighted by atomic mass is 32.2. The van der Waals surface area contributed by atoms with E-state index in [1.165, 1.54) is 25.0 Å². The van der Waals surface area contributed by atoms with Gasteiger partial charge in [-0.15, -0.1) is 0 Å². The van der Waals surface area contributed by atoms with E-state index in [2.05, 4.69) is 24.0 Å². The van der Waals surface area contributed by atoms with Crippen LogP contribution in [0.2, 0.25) is 0 Å². The third kappa shape index (κ3) is 3.47. The van der Waals surface area contributed by atoms with E-state index in [0.717, 1.165) is 35.6 Å². The Hall–Kier alpha value is 0.460. The molecule has 1 aliphatic heterocycles. The minimum Gasteiger partial charge on any atom is -0.310 e. The highest BCUT2D eigenvalue weighted by Crippen LogP contribution is 2.30. The molecule has 2 rings (SSSR count). The molecule has 2 unspecified atom stereocenters. The first-order chi connectivity index (χ1) is 7.79. The van der Waals surface area contributed by atoms with Gasteiger partial charge in [-0.3, -0.25) is 4.21 Å². The quantitative estimate of drug-likeness (QED) is 0.841. The molecule has 0 aromatic heterocycles. The molecule has 0 aromatic rings. The summed E-state index contributed by atoms with van der Waals surface area (Å²) in [7, 11) is -0.521. The third-order valence-electron chi connectivity index (χ3n) is 3.67. The fraction of sp³-hybridized carbons (Fsp3) is 1.00. The second-order valence-corrected chi connectivity index (χ2v) is 8.03. The number of hydrogen-bond acceptors (Lipinski definition) is 3. The molecule has 2 aliphatic rings. The van der Waals surface area contributed by atoms with E-state index in [4.69, 9.17) is 0 Å². The number of thioether (sulfide) groups is 1. The zero-order valence-electron chi connectivity index (χ0n) is 10.1. The molecular formula is C12H23NOS2. The van der Waals surface area contributed by atoms with Crippen molar-refractivity contribution < 1.29 is 4.21 Å². The number of nitrogens with one attached hydrogen (secondary N) is 1. The zero-order valence-corrected chi connectivity index (χ0v) is 11.7. The summed E-state index contributed by atoms with van der Waals surface area (Å²) < 4.78 is 11.3. The van der Waals surface area contributed by atoms with Gasteiger partial charge in [0, 0.05) is 39.6 Å². The molecule has 4 heteroatoms. The van der Waals surface area contributed by atoms with Crippen LogP contribution in [-0.4, -0.2) is 38.8 Å². The van der Waals surface area contributed by atoms with E-state index in [1.807, 2.05) is 0 Å². The minimum absolute atomic E-state index is 0.521. The lowest BCUT2D eigenvalue weighted by Gasteiger charge is -2.29. The Morgan fingerprint density at radius 1 is 1.25 bits per heavy atom. The van der Waals surface area contributed by atoms with Crippen molar-refractivity contribution in [1.82, 2.24) is 5.32 Å². The van der Waals surface area contributed by atoms with E-state index in [0.29, 0.717) is 6.04 Å². The maximum absolute atomic E-state index is 11.3. The molecule has 1 N–H and O–H groups in total. The molecule has 2 nitrogen and oxygen atoms in total. The molecule has 1 aliphatic carbocycles. The Morgan fingerprint density at radius 3 is 2.69 bits per heavy atom. The van der Waals surface area contributed by atoms with Gasteiger partial charge in [-0.25, -0.2) is 0 Å². The van der Waals surface area contributed by atoms with Crippen LogP contribution in [0.15, 0.2) is 0 Å². The molecule has 0 spiro atoms. The van der Waals surface area contributed by atoms with Crippen molar-refractivity contribution in [2.45, 2.75) is 56.4 Å². The van der Waals surface area contributed by atoms with Crippen LogP contribution in [0.5, 0.6) is 0 Å². The van der Waals surface area contributed by atoms with Crippen LogP contribution >= 0.6 is 11.8 Å². The summed E-state index contributed by atoms with van der Waals surface area (Å²) in [6, 6.07) is 1.36. The second kappa shape index (κ2) is 6.41.